The van der Waals surface area contributed by atoms with Gasteiger partial charge < -0.3 is 9.13 Å². The van der Waals surface area contributed by atoms with Gasteiger partial charge >= 0.3 is 0 Å². The molecule has 0 bridgehead atoms. The quantitative estimate of drug-likeness (QED) is 0.630. The molecule has 0 amide bonds. The number of aromatic nitrogens is 3. The summed E-state index contributed by atoms with van der Waals surface area (Å²) in [5.74, 6) is 0.861. The fraction of sp³-hybridized carbons (Fsp3) is 0.478. The zero-order valence-corrected chi connectivity index (χ0v) is 19.5. The van der Waals surface area contributed by atoms with Gasteiger partial charge in [0.15, 0.2) is 0 Å². The summed E-state index contributed by atoms with van der Waals surface area (Å²) in [5.41, 5.74) is 6.00. The monoisotopic (exact) mass is 442 g/mol. The molecular formula is C23H30N4O3S. The number of unbranched alkanes of at least 4 members (excludes halogenated alkanes) is 1. The number of nitrogens with zero attached hydrogens (tertiary/aromatic N) is 3. The van der Waals surface area contributed by atoms with E-state index in [0.717, 1.165) is 84.9 Å². The second kappa shape index (κ2) is 8.15. The average molecular weight is 443 g/mol. The van der Waals surface area contributed by atoms with Crippen LogP contribution in [0.25, 0.3) is 22.2 Å². The standard InChI is InChI=1S/C23H30N4O3S/c1-5-6-11-27-15(2)24-22-20(25-31(4,29)30)12-16(13-21(22)27)19-14-26(3)23(28)18-10-8-7-9-17(18)19/h12-14,25H,5-11H2,1-4H3. The number of rotatable bonds is 6. The molecule has 0 saturated carbocycles. The summed E-state index contributed by atoms with van der Waals surface area (Å²) in [4.78, 5) is 17.4. The third kappa shape index (κ3) is 4.13. The number of benzene rings is 1. The van der Waals surface area contributed by atoms with E-state index in [9.17, 15) is 13.2 Å². The van der Waals surface area contributed by atoms with Gasteiger partial charge in [-0.3, -0.25) is 9.52 Å². The first-order valence-electron chi connectivity index (χ1n) is 10.9. The molecule has 7 nitrogen and oxygen atoms in total. The Bertz CT molecular complexity index is 1320. The molecule has 8 heteroatoms. The average Bonchev–Trinajstić information content (AvgIpc) is 3.03. The summed E-state index contributed by atoms with van der Waals surface area (Å²) in [6, 6.07) is 3.95. The van der Waals surface area contributed by atoms with Crippen molar-refractivity contribution in [2.45, 2.75) is 58.9 Å². The van der Waals surface area contributed by atoms with Gasteiger partial charge in [0.25, 0.3) is 5.56 Å². The molecule has 1 aromatic carbocycles. The maximum Gasteiger partial charge on any atom is 0.253 e. The van der Waals surface area contributed by atoms with Crippen molar-refractivity contribution < 1.29 is 8.42 Å². The Morgan fingerprint density at radius 3 is 2.55 bits per heavy atom. The van der Waals surface area contributed by atoms with Gasteiger partial charge in [-0.2, -0.15) is 0 Å². The van der Waals surface area contributed by atoms with E-state index in [1.807, 2.05) is 19.2 Å². The Morgan fingerprint density at radius 1 is 1.16 bits per heavy atom. The molecule has 1 aliphatic rings. The molecule has 0 aliphatic heterocycles. The Balaban J connectivity index is 2.01. The van der Waals surface area contributed by atoms with Crippen molar-refractivity contribution in [2.24, 2.45) is 7.05 Å². The van der Waals surface area contributed by atoms with Gasteiger partial charge in [-0.25, -0.2) is 13.4 Å². The van der Waals surface area contributed by atoms with Crippen LogP contribution in [0.1, 0.15) is 49.6 Å². The van der Waals surface area contributed by atoms with Crippen LogP contribution in [-0.2, 0) is 36.5 Å². The first kappa shape index (κ1) is 21.6. The molecule has 31 heavy (non-hydrogen) atoms. The van der Waals surface area contributed by atoms with E-state index < -0.39 is 10.0 Å². The molecule has 4 rings (SSSR count). The molecule has 1 N–H and O–H groups in total. The van der Waals surface area contributed by atoms with Crippen molar-refractivity contribution in [3.8, 4) is 11.1 Å². The third-order valence-electron chi connectivity index (χ3n) is 6.08. The van der Waals surface area contributed by atoms with Gasteiger partial charge in [-0.05, 0) is 62.3 Å². The lowest BCUT2D eigenvalue weighted by Gasteiger charge is -2.21. The first-order valence-corrected chi connectivity index (χ1v) is 12.8. The summed E-state index contributed by atoms with van der Waals surface area (Å²) < 4.78 is 30.7. The van der Waals surface area contributed by atoms with E-state index in [1.54, 1.807) is 11.6 Å². The summed E-state index contributed by atoms with van der Waals surface area (Å²) in [5, 5.41) is 0. The highest BCUT2D eigenvalue weighted by atomic mass is 32.2. The number of anilines is 1. The highest BCUT2D eigenvalue weighted by molar-refractivity contribution is 7.92. The van der Waals surface area contributed by atoms with E-state index in [0.29, 0.717) is 11.2 Å². The third-order valence-corrected chi connectivity index (χ3v) is 6.67. The largest absolute Gasteiger partial charge is 0.328 e. The highest BCUT2D eigenvalue weighted by Crippen LogP contribution is 2.35. The molecule has 166 valence electrons. The van der Waals surface area contributed by atoms with Crippen molar-refractivity contribution in [3.05, 3.63) is 45.6 Å². The van der Waals surface area contributed by atoms with Crippen molar-refractivity contribution in [2.75, 3.05) is 11.0 Å². The summed E-state index contributed by atoms with van der Waals surface area (Å²) >= 11 is 0. The normalized spacial score (nSPS) is 14.1. The van der Waals surface area contributed by atoms with Gasteiger partial charge in [0, 0.05) is 30.9 Å². The van der Waals surface area contributed by atoms with Crippen molar-refractivity contribution >= 4 is 26.7 Å². The molecule has 0 spiro atoms. The molecule has 0 saturated heterocycles. The minimum Gasteiger partial charge on any atom is -0.328 e. The lowest BCUT2D eigenvalue weighted by atomic mass is 9.87. The summed E-state index contributed by atoms with van der Waals surface area (Å²) in [6.45, 7) is 4.92. The predicted molar refractivity (Wildman–Crippen MR) is 125 cm³/mol. The number of nitrogens with one attached hydrogen (secondary N) is 1. The summed E-state index contributed by atoms with van der Waals surface area (Å²) in [7, 11) is -1.69. The maximum atomic E-state index is 12.7. The fourth-order valence-corrected chi connectivity index (χ4v) is 5.16. The molecule has 1 aliphatic carbocycles. The number of aryl methyl sites for hydroxylation is 3. The van der Waals surface area contributed by atoms with Gasteiger partial charge in [0.05, 0.1) is 17.5 Å². The fourth-order valence-electron chi connectivity index (χ4n) is 4.60. The van der Waals surface area contributed by atoms with Crippen LogP contribution in [0.4, 0.5) is 5.69 Å². The van der Waals surface area contributed by atoms with Crippen LogP contribution < -0.4 is 10.3 Å². The van der Waals surface area contributed by atoms with Gasteiger partial charge in [0.1, 0.15) is 11.3 Å². The van der Waals surface area contributed by atoms with Gasteiger partial charge in [-0.15, -0.1) is 0 Å². The van der Waals surface area contributed by atoms with Crippen LogP contribution in [0, 0.1) is 6.92 Å². The van der Waals surface area contributed by atoms with E-state index >= 15 is 0 Å². The van der Waals surface area contributed by atoms with Crippen molar-refractivity contribution in [1.29, 1.82) is 0 Å². The first-order chi connectivity index (χ1) is 14.7. The Morgan fingerprint density at radius 2 is 1.87 bits per heavy atom. The molecule has 0 radical (unpaired) electrons. The van der Waals surface area contributed by atoms with Crippen LogP contribution in [0.15, 0.2) is 23.1 Å². The summed E-state index contributed by atoms with van der Waals surface area (Å²) in [6.07, 6.45) is 8.84. The van der Waals surface area contributed by atoms with Crippen LogP contribution in [0.3, 0.4) is 0 Å². The van der Waals surface area contributed by atoms with Gasteiger partial charge in [-0.1, -0.05) is 13.3 Å². The van der Waals surface area contributed by atoms with Crippen LogP contribution >= 0.6 is 0 Å². The zero-order valence-electron chi connectivity index (χ0n) is 18.7. The topological polar surface area (TPSA) is 86.0 Å². The Kier molecular flexibility index (Phi) is 5.68. The second-order valence-electron chi connectivity index (χ2n) is 8.55. The Labute approximate surface area is 183 Å². The lowest BCUT2D eigenvalue weighted by Crippen LogP contribution is -2.25. The number of hydrogen-bond donors (Lipinski definition) is 1. The van der Waals surface area contributed by atoms with Crippen LogP contribution in [-0.4, -0.2) is 28.8 Å². The van der Waals surface area contributed by atoms with Crippen molar-refractivity contribution in [1.82, 2.24) is 14.1 Å². The Hall–Kier alpha value is -2.61. The minimum absolute atomic E-state index is 0.0674. The number of pyridine rings is 1. The molecule has 0 fully saturated rings. The lowest BCUT2D eigenvalue weighted by molar-refractivity contribution is 0.607. The SMILES string of the molecule is CCCCn1c(C)nc2c(NS(C)(=O)=O)cc(-c3cn(C)c(=O)c4c3CCCC4)cc21. The highest BCUT2D eigenvalue weighted by Gasteiger charge is 2.22. The van der Waals surface area contributed by atoms with Crippen molar-refractivity contribution in [3.63, 3.8) is 0 Å². The number of sulfonamides is 1. The molecule has 2 heterocycles. The molecule has 3 aromatic rings. The van der Waals surface area contributed by atoms with Crippen LogP contribution in [0.5, 0.6) is 0 Å². The number of hydrogen-bond acceptors (Lipinski definition) is 4. The van der Waals surface area contributed by atoms with E-state index in [2.05, 4.69) is 27.3 Å². The smallest absolute Gasteiger partial charge is 0.253 e. The molecule has 0 unspecified atom stereocenters. The molecule has 0 atom stereocenters. The molecular weight excluding hydrogens is 412 g/mol. The number of fused-ring (bicyclic) bond motifs is 2. The van der Waals surface area contributed by atoms with E-state index in [-0.39, 0.29) is 5.56 Å². The maximum absolute atomic E-state index is 12.7. The predicted octanol–water partition coefficient (Wildman–Crippen LogP) is 3.76. The zero-order chi connectivity index (χ0) is 22.3. The van der Waals surface area contributed by atoms with Gasteiger partial charge in [0.2, 0.25) is 10.0 Å². The van der Waals surface area contributed by atoms with Crippen LogP contribution in [0.2, 0.25) is 0 Å². The van der Waals surface area contributed by atoms with E-state index in [4.69, 9.17) is 0 Å². The minimum atomic E-state index is -3.47. The second-order valence-corrected chi connectivity index (χ2v) is 10.3. The molecule has 2 aromatic heterocycles. The number of imidazole rings is 1. The van der Waals surface area contributed by atoms with E-state index in [1.165, 1.54) is 0 Å².